The van der Waals surface area contributed by atoms with E-state index in [4.69, 9.17) is 0 Å². The van der Waals surface area contributed by atoms with Crippen LogP contribution in [0.3, 0.4) is 0 Å². The molecule has 0 aliphatic carbocycles. The molecule has 0 unspecified atom stereocenters. The standard InChI is InChI=1S/C10H9BrN2O2/c11-3-4-12-6-1-2-7-8(5-6)10(15)13-9(7)14/h1-2,5,12H,3-4H2,(H,13,14,15). The minimum atomic E-state index is -0.322. The van der Waals surface area contributed by atoms with Gasteiger partial charge in [-0.1, -0.05) is 15.9 Å². The number of fused-ring (bicyclic) bond motifs is 1. The van der Waals surface area contributed by atoms with Crippen molar-refractivity contribution in [3.8, 4) is 0 Å². The third kappa shape index (κ3) is 1.87. The Morgan fingerprint density at radius 1 is 1.20 bits per heavy atom. The van der Waals surface area contributed by atoms with Gasteiger partial charge in [-0.15, -0.1) is 0 Å². The highest BCUT2D eigenvalue weighted by molar-refractivity contribution is 9.09. The van der Waals surface area contributed by atoms with E-state index in [2.05, 4.69) is 26.6 Å². The fourth-order valence-corrected chi connectivity index (χ4v) is 1.67. The lowest BCUT2D eigenvalue weighted by Crippen LogP contribution is -2.19. The smallest absolute Gasteiger partial charge is 0.259 e. The van der Waals surface area contributed by atoms with Gasteiger partial charge < -0.3 is 5.32 Å². The van der Waals surface area contributed by atoms with E-state index in [9.17, 15) is 9.59 Å². The van der Waals surface area contributed by atoms with Gasteiger partial charge in [0.15, 0.2) is 0 Å². The molecule has 1 aromatic rings. The summed E-state index contributed by atoms with van der Waals surface area (Å²) in [5.41, 5.74) is 1.74. The molecule has 2 N–H and O–H groups in total. The summed E-state index contributed by atoms with van der Waals surface area (Å²) in [6.45, 7) is 0.772. The maximum Gasteiger partial charge on any atom is 0.259 e. The number of amides is 2. The number of carbonyl (C=O) groups excluding carboxylic acids is 2. The Kier molecular flexibility index (Phi) is 2.73. The van der Waals surface area contributed by atoms with E-state index in [0.717, 1.165) is 17.6 Å². The van der Waals surface area contributed by atoms with Crippen molar-refractivity contribution >= 4 is 33.4 Å². The van der Waals surface area contributed by atoms with Crippen LogP contribution in [-0.2, 0) is 0 Å². The van der Waals surface area contributed by atoms with E-state index in [1.165, 1.54) is 0 Å². The Morgan fingerprint density at radius 2 is 1.93 bits per heavy atom. The van der Waals surface area contributed by atoms with Gasteiger partial charge in [0, 0.05) is 17.6 Å². The van der Waals surface area contributed by atoms with E-state index >= 15 is 0 Å². The number of imide groups is 1. The molecule has 0 saturated carbocycles. The summed E-state index contributed by atoms with van der Waals surface area (Å²) in [5, 5.41) is 6.20. The van der Waals surface area contributed by atoms with Crippen LogP contribution in [0.4, 0.5) is 5.69 Å². The normalized spacial score (nSPS) is 13.7. The fraction of sp³-hybridized carbons (Fsp3) is 0.200. The van der Waals surface area contributed by atoms with Crippen LogP contribution < -0.4 is 10.6 Å². The summed E-state index contributed by atoms with van der Waals surface area (Å²) < 4.78 is 0. The van der Waals surface area contributed by atoms with Crippen LogP contribution >= 0.6 is 15.9 Å². The Hall–Kier alpha value is -1.36. The molecule has 0 radical (unpaired) electrons. The molecule has 0 fully saturated rings. The number of rotatable bonds is 3. The molecule has 4 nitrogen and oxygen atoms in total. The summed E-state index contributed by atoms with van der Waals surface area (Å²) >= 11 is 3.29. The van der Waals surface area contributed by atoms with Gasteiger partial charge in [0.2, 0.25) is 0 Å². The van der Waals surface area contributed by atoms with Gasteiger partial charge in [0.1, 0.15) is 0 Å². The summed E-state index contributed by atoms with van der Waals surface area (Å²) in [4.78, 5) is 22.6. The third-order valence-electron chi connectivity index (χ3n) is 2.16. The van der Waals surface area contributed by atoms with Gasteiger partial charge in [-0.05, 0) is 18.2 Å². The lowest BCUT2D eigenvalue weighted by molar-refractivity contribution is 0.0879. The molecule has 1 heterocycles. The van der Waals surface area contributed by atoms with Gasteiger partial charge in [-0.25, -0.2) is 0 Å². The first kappa shape index (κ1) is 10.2. The van der Waals surface area contributed by atoms with Crippen LogP contribution in [-0.4, -0.2) is 23.7 Å². The quantitative estimate of drug-likeness (QED) is 0.643. The number of anilines is 1. The van der Waals surface area contributed by atoms with Gasteiger partial charge in [-0.2, -0.15) is 0 Å². The van der Waals surface area contributed by atoms with Gasteiger partial charge >= 0.3 is 0 Å². The van der Waals surface area contributed by atoms with Crippen molar-refractivity contribution in [1.82, 2.24) is 5.32 Å². The number of hydrogen-bond acceptors (Lipinski definition) is 3. The van der Waals surface area contributed by atoms with Crippen molar-refractivity contribution in [2.75, 3.05) is 17.2 Å². The molecule has 5 heteroatoms. The predicted octanol–water partition coefficient (Wildman–Crippen LogP) is 1.38. The zero-order valence-corrected chi connectivity index (χ0v) is 9.43. The summed E-state index contributed by atoms with van der Waals surface area (Å²) in [5.74, 6) is -0.639. The molecular formula is C10H9BrN2O2. The van der Waals surface area contributed by atoms with Crippen LogP contribution in [0.25, 0.3) is 0 Å². The summed E-state index contributed by atoms with van der Waals surface area (Å²) in [6.07, 6.45) is 0. The van der Waals surface area contributed by atoms with Crippen LogP contribution in [0.5, 0.6) is 0 Å². The highest BCUT2D eigenvalue weighted by Gasteiger charge is 2.26. The molecule has 15 heavy (non-hydrogen) atoms. The van der Waals surface area contributed by atoms with Crippen LogP contribution in [0.15, 0.2) is 18.2 Å². The number of nitrogens with one attached hydrogen (secondary N) is 2. The molecule has 0 aromatic heterocycles. The molecule has 1 aliphatic rings. The second-order valence-corrected chi connectivity index (χ2v) is 3.95. The zero-order valence-electron chi connectivity index (χ0n) is 7.84. The number of carbonyl (C=O) groups is 2. The Balaban J connectivity index is 2.30. The van der Waals surface area contributed by atoms with Gasteiger partial charge in [0.25, 0.3) is 11.8 Å². The number of hydrogen-bond donors (Lipinski definition) is 2. The lowest BCUT2D eigenvalue weighted by Gasteiger charge is -2.04. The van der Waals surface area contributed by atoms with E-state index in [1.807, 2.05) is 0 Å². The second kappa shape index (κ2) is 4.02. The zero-order chi connectivity index (χ0) is 10.8. The van der Waals surface area contributed by atoms with E-state index in [0.29, 0.717) is 11.1 Å². The number of alkyl halides is 1. The molecule has 0 saturated heterocycles. The topological polar surface area (TPSA) is 58.2 Å². The predicted molar refractivity (Wildman–Crippen MR) is 60.5 cm³/mol. The first-order valence-corrected chi connectivity index (χ1v) is 5.64. The van der Waals surface area contributed by atoms with Crippen molar-refractivity contribution in [1.29, 1.82) is 0 Å². The average molecular weight is 269 g/mol. The molecule has 0 atom stereocenters. The van der Waals surface area contributed by atoms with Crippen LogP contribution in [0.1, 0.15) is 20.7 Å². The Labute approximate surface area is 95.2 Å². The molecule has 1 aliphatic heterocycles. The second-order valence-electron chi connectivity index (χ2n) is 3.16. The average Bonchev–Trinajstić information content (AvgIpc) is 2.52. The number of halogens is 1. The largest absolute Gasteiger partial charge is 0.384 e. The third-order valence-corrected chi connectivity index (χ3v) is 2.56. The minimum Gasteiger partial charge on any atom is -0.384 e. The molecule has 0 bridgehead atoms. The Morgan fingerprint density at radius 3 is 2.67 bits per heavy atom. The highest BCUT2D eigenvalue weighted by Crippen LogP contribution is 2.19. The Bertz CT molecular complexity index is 431. The fourth-order valence-electron chi connectivity index (χ4n) is 1.47. The minimum absolute atomic E-state index is 0.318. The molecule has 78 valence electrons. The van der Waals surface area contributed by atoms with Gasteiger partial charge in [-0.3, -0.25) is 14.9 Å². The van der Waals surface area contributed by atoms with Crippen molar-refractivity contribution < 1.29 is 9.59 Å². The van der Waals surface area contributed by atoms with E-state index < -0.39 is 0 Å². The van der Waals surface area contributed by atoms with Crippen molar-refractivity contribution in [3.63, 3.8) is 0 Å². The molecule has 2 rings (SSSR count). The molecular weight excluding hydrogens is 260 g/mol. The molecule has 2 amide bonds. The van der Waals surface area contributed by atoms with Crippen molar-refractivity contribution in [2.24, 2.45) is 0 Å². The van der Waals surface area contributed by atoms with Crippen molar-refractivity contribution in [3.05, 3.63) is 29.3 Å². The number of benzene rings is 1. The maximum absolute atomic E-state index is 11.3. The van der Waals surface area contributed by atoms with Crippen LogP contribution in [0, 0.1) is 0 Å². The SMILES string of the molecule is O=C1NC(=O)c2cc(NCCBr)ccc21. The highest BCUT2D eigenvalue weighted by atomic mass is 79.9. The van der Waals surface area contributed by atoms with Gasteiger partial charge in [0.05, 0.1) is 11.1 Å². The first-order valence-electron chi connectivity index (χ1n) is 4.52. The lowest BCUT2D eigenvalue weighted by atomic mass is 10.1. The molecule has 0 spiro atoms. The van der Waals surface area contributed by atoms with E-state index in [-0.39, 0.29) is 11.8 Å². The first-order chi connectivity index (χ1) is 7.22. The van der Waals surface area contributed by atoms with Crippen molar-refractivity contribution in [2.45, 2.75) is 0 Å². The summed E-state index contributed by atoms with van der Waals surface area (Å²) in [7, 11) is 0. The summed E-state index contributed by atoms with van der Waals surface area (Å²) in [6, 6.07) is 5.14. The monoisotopic (exact) mass is 268 g/mol. The maximum atomic E-state index is 11.3. The molecule has 1 aromatic carbocycles. The van der Waals surface area contributed by atoms with Crippen LogP contribution in [0.2, 0.25) is 0 Å². The van der Waals surface area contributed by atoms with E-state index in [1.54, 1.807) is 18.2 Å².